The molecule has 0 aliphatic heterocycles. The Morgan fingerprint density at radius 2 is 1.81 bits per heavy atom. The van der Waals surface area contributed by atoms with Gasteiger partial charge in [-0.3, -0.25) is 0 Å². The predicted octanol–water partition coefficient (Wildman–Crippen LogP) is 3.31. The summed E-state index contributed by atoms with van der Waals surface area (Å²) in [4.78, 5) is 0. The van der Waals surface area contributed by atoms with E-state index in [1.807, 2.05) is 12.1 Å². The van der Waals surface area contributed by atoms with Crippen molar-refractivity contribution in [1.29, 1.82) is 0 Å². The van der Waals surface area contributed by atoms with Crippen molar-refractivity contribution in [3.8, 4) is 17.6 Å². The van der Waals surface area contributed by atoms with Crippen LogP contribution in [0.3, 0.4) is 0 Å². The van der Waals surface area contributed by atoms with Crippen LogP contribution >= 0.6 is 0 Å². The van der Waals surface area contributed by atoms with E-state index in [4.69, 9.17) is 9.84 Å². The second-order valence-corrected chi connectivity index (χ2v) is 4.56. The minimum atomic E-state index is -0.378. The number of rotatable bonds is 4. The molecule has 0 bridgehead atoms. The Hall–Kier alpha value is -2.31. The van der Waals surface area contributed by atoms with Crippen molar-refractivity contribution in [3.05, 3.63) is 65.0 Å². The van der Waals surface area contributed by atoms with Gasteiger partial charge in [0.25, 0.3) is 0 Å². The zero-order chi connectivity index (χ0) is 15.1. The third kappa shape index (κ3) is 4.34. The van der Waals surface area contributed by atoms with E-state index in [0.717, 1.165) is 12.0 Å². The monoisotopic (exact) mass is 284 g/mol. The predicted molar refractivity (Wildman–Crippen MR) is 80.5 cm³/mol. The maximum absolute atomic E-state index is 13.2. The van der Waals surface area contributed by atoms with Gasteiger partial charge in [-0.1, -0.05) is 43.0 Å². The molecule has 2 aromatic carbocycles. The average Bonchev–Trinajstić information content (AvgIpc) is 2.52. The maximum Gasteiger partial charge on any atom is 0.135 e. The van der Waals surface area contributed by atoms with Gasteiger partial charge >= 0.3 is 0 Å². The highest BCUT2D eigenvalue weighted by molar-refractivity contribution is 5.46. The number of aryl methyl sites for hydroxylation is 1. The van der Waals surface area contributed by atoms with Gasteiger partial charge in [0.15, 0.2) is 0 Å². The van der Waals surface area contributed by atoms with Crippen molar-refractivity contribution in [2.24, 2.45) is 0 Å². The Labute approximate surface area is 124 Å². The number of aliphatic hydroxyl groups excluding tert-OH is 1. The number of aliphatic hydroxyl groups is 1. The number of benzene rings is 2. The van der Waals surface area contributed by atoms with Gasteiger partial charge in [-0.15, -0.1) is 0 Å². The van der Waals surface area contributed by atoms with Gasteiger partial charge in [-0.25, -0.2) is 4.39 Å². The molecule has 2 rings (SSSR count). The van der Waals surface area contributed by atoms with Gasteiger partial charge in [-0.2, -0.15) is 0 Å². The van der Waals surface area contributed by atoms with Crippen LogP contribution in [0.2, 0.25) is 0 Å². The molecule has 0 atom stereocenters. The third-order valence-electron chi connectivity index (χ3n) is 3.07. The summed E-state index contributed by atoms with van der Waals surface area (Å²) in [5, 5.41) is 8.74. The highest BCUT2D eigenvalue weighted by Crippen LogP contribution is 2.20. The molecule has 0 aliphatic carbocycles. The minimum Gasteiger partial charge on any atom is -0.488 e. The van der Waals surface area contributed by atoms with Gasteiger partial charge in [0.2, 0.25) is 0 Å². The number of ether oxygens (including phenoxy) is 1. The first kappa shape index (κ1) is 15.1. The highest BCUT2D eigenvalue weighted by atomic mass is 19.1. The van der Waals surface area contributed by atoms with E-state index in [1.54, 1.807) is 6.07 Å². The van der Waals surface area contributed by atoms with Crippen LogP contribution in [0.4, 0.5) is 4.39 Å². The van der Waals surface area contributed by atoms with Crippen molar-refractivity contribution < 1.29 is 14.2 Å². The molecule has 0 aromatic heterocycles. The van der Waals surface area contributed by atoms with Crippen LogP contribution < -0.4 is 4.74 Å². The van der Waals surface area contributed by atoms with Crippen LogP contribution in [0.25, 0.3) is 0 Å². The molecular formula is C18H17FO2. The van der Waals surface area contributed by atoms with Crippen LogP contribution in [-0.4, -0.2) is 11.7 Å². The lowest BCUT2D eigenvalue weighted by molar-refractivity contribution is 0.305. The maximum atomic E-state index is 13.2. The molecule has 2 nitrogen and oxygen atoms in total. The van der Waals surface area contributed by atoms with E-state index in [-0.39, 0.29) is 12.4 Å². The molecule has 0 saturated carbocycles. The Morgan fingerprint density at radius 3 is 2.48 bits per heavy atom. The zero-order valence-electron chi connectivity index (χ0n) is 11.9. The largest absolute Gasteiger partial charge is 0.488 e. The van der Waals surface area contributed by atoms with Gasteiger partial charge < -0.3 is 9.84 Å². The molecule has 21 heavy (non-hydrogen) atoms. The summed E-state index contributed by atoms with van der Waals surface area (Å²) < 4.78 is 18.9. The lowest BCUT2D eigenvalue weighted by Crippen LogP contribution is -1.98. The quantitative estimate of drug-likeness (QED) is 0.873. The minimum absolute atomic E-state index is 0.269. The normalized spacial score (nSPS) is 9.86. The molecule has 0 amide bonds. The second-order valence-electron chi connectivity index (χ2n) is 4.56. The first-order valence-electron chi connectivity index (χ1n) is 6.83. The fraction of sp³-hybridized carbons (Fsp3) is 0.222. The molecule has 0 fully saturated rings. The van der Waals surface area contributed by atoms with Crippen molar-refractivity contribution in [1.82, 2.24) is 0 Å². The summed E-state index contributed by atoms with van der Waals surface area (Å²) in [6, 6.07) is 12.4. The van der Waals surface area contributed by atoms with Crippen molar-refractivity contribution in [2.45, 2.75) is 20.0 Å². The molecule has 0 radical (unpaired) electrons. The SMILES string of the molecule is CCc1ccc(COc2ccc(F)cc2C#CCO)cc1. The van der Waals surface area contributed by atoms with Gasteiger partial charge in [0.05, 0.1) is 5.56 Å². The molecule has 0 saturated heterocycles. The lowest BCUT2D eigenvalue weighted by atomic mass is 10.1. The molecule has 1 N–H and O–H groups in total. The molecule has 3 heteroatoms. The summed E-state index contributed by atoms with van der Waals surface area (Å²) >= 11 is 0. The fourth-order valence-electron chi connectivity index (χ4n) is 1.89. The first-order valence-corrected chi connectivity index (χ1v) is 6.83. The van der Waals surface area contributed by atoms with Gasteiger partial charge in [0.1, 0.15) is 24.8 Å². The Bertz CT molecular complexity index is 651. The van der Waals surface area contributed by atoms with Crippen LogP contribution in [0.15, 0.2) is 42.5 Å². The Balaban J connectivity index is 2.11. The fourth-order valence-corrected chi connectivity index (χ4v) is 1.89. The van der Waals surface area contributed by atoms with Gasteiger partial charge in [-0.05, 0) is 35.7 Å². The molecule has 0 spiro atoms. The van der Waals surface area contributed by atoms with E-state index in [2.05, 4.69) is 30.9 Å². The second kappa shape index (κ2) is 7.47. The van der Waals surface area contributed by atoms with Crippen molar-refractivity contribution in [2.75, 3.05) is 6.61 Å². The van der Waals surface area contributed by atoms with E-state index in [1.165, 1.54) is 17.7 Å². The van der Waals surface area contributed by atoms with Crippen LogP contribution in [-0.2, 0) is 13.0 Å². The smallest absolute Gasteiger partial charge is 0.135 e. The number of halogens is 1. The van der Waals surface area contributed by atoms with Crippen LogP contribution in [0, 0.1) is 17.7 Å². The van der Waals surface area contributed by atoms with E-state index in [0.29, 0.717) is 17.9 Å². The standard InChI is InChI=1S/C18H17FO2/c1-2-14-5-7-15(8-6-14)13-21-18-10-9-17(19)12-16(18)4-3-11-20/h5-10,12,20H,2,11,13H2,1H3. The molecule has 108 valence electrons. The summed E-state index contributed by atoms with van der Waals surface area (Å²) in [7, 11) is 0. The summed E-state index contributed by atoms with van der Waals surface area (Å²) in [6.07, 6.45) is 1.000. The zero-order valence-corrected chi connectivity index (χ0v) is 11.9. The lowest BCUT2D eigenvalue weighted by Gasteiger charge is -2.09. The third-order valence-corrected chi connectivity index (χ3v) is 3.07. The first-order chi connectivity index (χ1) is 10.2. The summed E-state index contributed by atoms with van der Waals surface area (Å²) in [5.41, 5.74) is 2.75. The Kier molecular flexibility index (Phi) is 5.36. The Morgan fingerprint density at radius 1 is 1.10 bits per heavy atom. The topological polar surface area (TPSA) is 29.5 Å². The van der Waals surface area contributed by atoms with Gasteiger partial charge in [0, 0.05) is 0 Å². The molecule has 0 unspecified atom stereocenters. The molecule has 2 aromatic rings. The highest BCUT2D eigenvalue weighted by Gasteiger charge is 2.04. The van der Waals surface area contributed by atoms with Crippen LogP contribution in [0.1, 0.15) is 23.6 Å². The van der Waals surface area contributed by atoms with Crippen molar-refractivity contribution >= 4 is 0 Å². The molecule has 0 heterocycles. The molecular weight excluding hydrogens is 267 g/mol. The van der Waals surface area contributed by atoms with Crippen LogP contribution in [0.5, 0.6) is 5.75 Å². The van der Waals surface area contributed by atoms with E-state index in [9.17, 15) is 4.39 Å². The van der Waals surface area contributed by atoms with Crippen molar-refractivity contribution in [3.63, 3.8) is 0 Å². The average molecular weight is 284 g/mol. The number of hydrogen-bond acceptors (Lipinski definition) is 2. The van der Waals surface area contributed by atoms with E-state index >= 15 is 0 Å². The number of hydrogen-bond donors (Lipinski definition) is 1. The summed E-state index contributed by atoms with van der Waals surface area (Å²) in [6.45, 7) is 2.23. The molecule has 0 aliphatic rings. The summed E-state index contributed by atoms with van der Waals surface area (Å²) in [5.74, 6) is 5.33. The van der Waals surface area contributed by atoms with E-state index < -0.39 is 0 Å².